The third-order valence-corrected chi connectivity index (χ3v) is 3.35. The van der Waals surface area contributed by atoms with Crippen LogP contribution < -0.4 is 5.32 Å². The molecular weight excluding hydrogens is 306 g/mol. The van der Waals surface area contributed by atoms with Crippen molar-refractivity contribution in [2.45, 2.75) is 19.1 Å². The average Bonchev–Trinajstić information content (AvgIpc) is 2.41. The smallest absolute Gasteiger partial charge is 0.378 e. The van der Waals surface area contributed by atoms with Gasteiger partial charge in [0.1, 0.15) is 5.82 Å². The molecule has 1 atom stereocenters. The predicted molar refractivity (Wildman–Crippen MR) is 74.9 cm³/mol. The Morgan fingerprint density at radius 1 is 1.10 bits per heavy atom. The molecule has 2 aromatic carbocycles. The molecule has 21 heavy (non-hydrogen) atoms. The summed E-state index contributed by atoms with van der Waals surface area (Å²) >= 11 is 5.59. The van der Waals surface area contributed by atoms with Crippen molar-refractivity contribution in [3.63, 3.8) is 0 Å². The van der Waals surface area contributed by atoms with Gasteiger partial charge in [-0.25, -0.2) is 4.39 Å². The van der Waals surface area contributed by atoms with Gasteiger partial charge in [0.15, 0.2) is 0 Å². The lowest BCUT2D eigenvalue weighted by Crippen LogP contribution is -2.13. The van der Waals surface area contributed by atoms with E-state index < -0.39 is 23.6 Å². The van der Waals surface area contributed by atoms with Gasteiger partial charge in [-0.15, -0.1) is 0 Å². The first-order valence-electron chi connectivity index (χ1n) is 6.16. The van der Waals surface area contributed by atoms with Gasteiger partial charge in [-0.1, -0.05) is 29.8 Å². The second kappa shape index (κ2) is 5.93. The van der Waals surface area contributed by atoms with Crippen molar-refractivity contribution in [2.75, 3.05) is 5.32 Å². The van der Waals surface area contributed by atoms with E-state index >= 15 is 0 Å². The molecule has 0 spiro atoms. The predicted octanol–water partition coefficient (Wildman–Crippen LogP) is 5.67. The number of anilines is 1. The van der Waals surface area contributed by atoms with E-state index in [-0.39, 0.29) is 10.7 Å². The molecule has 0 saturated carbocycles. The zero-order valence-corrected chi connectivity index (χ0v) is 11.8. The number of benzene rings is 2. The van der Waals surface area contributed by atoms with Crippen molar-refractivity contribution in [3.8, 4) is 0 Å². The van der Waals surface area contributed by atoms with Crippen LogP contribution in [0.2, 0.25) is 5.02 Å². The minimum absolute atomic E-state index is 0.0263. The maximum atomic E-state index is 13.4. The molecule has 0 saturated heterocycles. The van der Waals surface area contributed by atoms with E-state index in [1.54, 1.807) is 13.0 Å². The molecule has 1 N–H and O–H groups in total. The molecule has 0 heterocycles. The molecule has 0 aliphatic rings. The molecule has 112 valence electrons. The van der Waals surface area contributed by atoms with Gasteiger partial charge in [0, 0.05) is 11.7 Å². The molecule has 6 heteroatoms. The van der Waals surface area contributed by atoms with Crippen LogP contribution in [0.4, 0.5) is 23.2 Å². The van der Waals surface area contributed by atoms with E-state index in [9.17, 15) is 17.6 Å². The topological polar surface area (TPSA) is 12.0 Å². The molecule has 0 aromatic heterocycles. The summed E-state index contributed by atoms with van der Waals surface area (Å²) in [6.45, 7) is 1.65. The highest BCUT2D eigenvalue weighted by Gasteiger charge is 2.33. The Morgan fingerprint density at radius 3 is 2.38 bits per heavy atom. The highest BCUT2D eigenvalue weighted by molar-refractivity contribution is 6.30. The standard InChI is InChI=1S/C15H12ClF4N/c1-9(10-6-7-12(16)13(17)8-10)21-14-5-3-2-4-11(14)15(18,19)20/h2-9,21H,1H3. The summed E-state index contributed by atoms with van der Waals surface area (Å²) in [5.41, 5.74) is -0.298. The van der Waals surface area contributed by atoms with Gasteiger partial charge < -0.3 is 5.32 Å². The van der Waals surface area contributed by atoms with Crippen LogP contribution in [0.5, 0.6) is 0 Å². The fraction of sp³-hybridized carbons (Fsp3) is 0.200. The molecular formula is C15H12ClF4N. The first kappa shape index (κ1) is 15.6. The number of halogens is 5. The lowest BCUT2D eigenvalue weighted by Gasteiger charge is -2.19. The van der Waals surface area contributed by atoms with Crippen LogP contribution in [0, 0.1) is 5.82 Å². The van der Waals surface area contributed by atoms with Crippen molar-refractivity contribution < 1.29 is 17.6 Å². The molecule has 2 rings (SSSR count). The van der Waals surface area contributed by atoms with E-state index in [0.29, 0.717) is 5.56 Å². The molecule has 1 unspecified atom stereocenters. The monoisotopic (exact) mass is 317 g/mol. The molecule has 0 amide bonds. The summed E-state index contributed by atoms with van der Waals surface area (Å²) in [6.07, 6.45) is -4.45. The van der Waals surface area contributed by atoms with E-state index in [0.717, 1.165) is 6.07 Å². The zero-order chi connectivity index (χ0) is 15.6. The SMILES string of the molecule is CC(Nc1ccccc1C(F)(F)F)c1ccc(Cl)c(F)c1. The Bertz CT molecular complexity index is 640. The number of alkyl halides is 3. The minimum atomic E-state index is -4.45. The third-order valence-electron chi connectivity index (χ3n) is 3.05. The third kappa shape index (κ3) is 3.67. The summed E-state index contributed by atoms with van der Waals surface area (Å²) in [7, 11) is 0. The van der Waals surface area contributed by atoms with Gasteiger partial charge in [0.05, 0.1) is 10.6 Å². The van der Waals surface area contributed by atoms with Crippen molar-refractivity contribution in [1.29, 1.82) is 0 Å². The Hall–Kier alpha value is -1.75. The molecule has 0 aliphatic heterocycles. The van der Waals surface area contributed by atoms with Crippen LogP contribution in [0.15, 0.2) is 42.5 Å². The van der Waals surface area contributed by atoms with Gasteiger partial charge >= 0.3 is 6.18 Å². The normalized spacial score (nSPS) is 13.0. The Labute approximate surface area is 124 Å². The van der Waals surface area contributed by atoms with Crippen LogP contribution in [0.3, 0.4) is 0 Å². The lowest BCUT2D eigenvalue weighted by atomic mass is 10.1. The lowest BCUT2D eigenvalue weighted by molar-refractivity contribution is -0.137. The molecule has 2 aromatic rings. The number of hydrogen-bond acceptors (Lipinski definition) is 1. The van der Waals surface area contributed by atoms with Crippen molar-refractivity contribution in [3.05, 3.63) is 64.4 Å². The van der Waals surface area contributed by atoms with Crippen LogP contribution in [0.25, 0.3) is 0 Å². The minimum Gasteiger partial charge on any atom is -0.378 e. The Morgan fingerprint density at radius 2 is 1.76 bits per heavy atom. The molecule has 0 aliphatic carbocycles. The number of nitrogens with one attached hydrogen (secondary N) is 1. The number of hydrogen-bond donors (Lipinski definition) is 1. The second-order valence-electron chi connectivity index (χ2n) is 4.58. The van der Waals surface area contributed by atoms with Crippen LogP contribution in [0.1, 0.15) is 24.1 Å². The Kier molecular flexibility index (Phi) is 4.42. The molecule has 0 fully saturated rings. The van der Waals surface area contributed by atoms with Gasteiger partial charge in [-0.05, 0) is 36.8 Å². The largest absolute Gasteiger partial charge is 0.418 e. The first-order valence-corrected chi connectivity index (χ1v) is 6.54. The average molecular weight is 318 g/mol. The van der Waals surface area contributed by atoms with Crippen LogP contribution in [-0.4, -0.2) is 0 Å². The quantitative estimate of drug-likeness (QED) is 0.719. The highest BCUT2D eigenvalue weighted by atomic mass is 35.5. The fourth-order valence-electron chi connectivity index (χ4n) is 1.95. The summed E-state index contributed by atoms with van der Waals surface area (Å²) in [5, 5.41) is 2.72. The van der Waals surface area contributed by atoms with Gasteiger partial charge in [0.25, 0.3) is 0 Å². The van der Waals surface area contributed by atoms with Gasteiger partial charge in [-0.3, -0.25) is 0 Å². The van der Waals surface area contributed by atoms with E-state index in [1.807, 2.05) is 0 Å². The maximum Gasteiger partial charge on any atom is 0.418 e. The molecule has 0 radical (unpaired) electrons. The summed E-state index contributed by atoms with van der Waals surface area (Å²) in [5.74, 6) is -0.605. The van der Waals surface area contributed by atoms with Gasteiger partial charge in [0.2, 0.25) is 0 Å². The molecule has 0 bridgehead atoms. The first-order chi connectivity index (χ1) is 9.79. The zero-order valence-electron chi connectivity index (χ0n) is 11.0. The van der Waals surface area contributed by atoms with E-state index in [1.165, 1.54) is 30.3 Å². The molecule has 1 nitrogen and oxygen atoms in total. The number of para-hydroxylation sites is 1. The van der Waals surface area contributed by atoms with Crippen molar-refractivity contribution >= 4 is 17.3 Å². The van der Waals surface area contributed by atoms with Crippen molar-refractivity contribution in [1.82, 2.24) is 0 Å². The summed E-state index contributed by atoms with van der Waals surface area (Å²) in [4.78, 5) is 0. The van der Waals surface area contributed by atoms with Crippen LogP contribution >= 0.6 is 11.6 Å². The van der Waals surface area contributed by atoms with Gasteiger partial charge in [-0.2, -0.15) is 13.2 Å². The number of rotatable bonds is 3. The van der Waals surface area contributed by atoms with Crippen LogP contribution in [-0.2, 0) is 6.18 Å². The summed E-state index contributed by atoms with van der Waals surface area (Å²) in [6, 6.07) is 8.81. The fourth-order valence-corrected chi connectivity index (χ4v) is 2.07. The van der Waals surface area contributed by atoms with E-state index in [2.05, 4.69) is 5.32 Å². The van der Waals surface area contributed by atoms with E-state index in [4.69, 9.17) is 11.6 Å². The second-order valence-corrected chi connectivity index (χ2v) is 4.99. The highest BCUT2D eigenvalue weighted by Crippen LogP contribution is 2.36. The maximum absolute atomic E-state index is 13.4. The summed E-state index contributed by atoms with van der Waals surface area (Å²) < 4.78 is 52.1. The van der Waals surface area contributed by atoms with Crippen molar-refractivity contribution in [2.24, 2.45) is 0 Å². The Balaban J connectivity index is 2.27.